The van der Waals surface area contributed by atoms with Crippen molar-refractivity contribution in [3.63, 3.8) is 0 Å². The van der Waals surface area contributed by atoms with Gasteiger partial charge in [-0.2, -0.15) is 0 Å². The van der Waals surface area contributed by atoms with Gasteiger partial charge in [0, 0.05) is 4.88 Å². The van der Waals surface area contributed by atoms with Gasteiger partial charge in [0.2, 0.25) is 0 Å². The summed E-state index contributed by atoms with van der Waals surface area (Å²) in [6.45, 7) is 4.15. The molecular weight excluding hydrogens is 266 g/mol. The number of aromatic nitrogens is 1. The fourth-order valence-corrected chi connectivity index (χ4v) is 3.67. The standard InChI is InChI=1S/C13H15NO2S2/c1-3-5-9-11(13(15)16)18-12(14-9)10-7-6-8(4-2)17-10/h6-7H,3-5H2,1-2H3,(H,15,16). The Morgan fingerprint density at radius 1 is 1.33 bits per heavy atom. The average molecular weight is 281 g/mol. The smallest absolute Gasteiger partial charge is 0.347 e. The summed E-state index contributed by atoms with van der Waals surface area (Å²) in [6.07, 6.45) is 2.64. The van der Waals surface area contributed by atoms with E-state index in [2.05, 4.69) is 18.0 Å². The van der Waals surface area contributed by atoms with E-state index in [1.165, 1.54) is 16.2 Å². The van der Waals surface area contributed by atoms with Crippen LogP contribution in [-0.2, 0) is 12.8 Å². The molecule has 0 unspecified atom stereocenters. The molecule has 0 aliphatic carbocycles. The molecule has 3 nitrogen and oxygen atoms in total. The number of carbonyl (C=O) groups is 1. The lowest BCUT2D eigenvalue weighted by Crippen LogP contribution is -1.98. The first-order chi connectivity index (χ1) is 8.65. The molecule has 2 rings (SSSR count). The van der Waals surface area contributed by atoms with Crippen molar-refractivity contribution in [2.75, 3.05) is 0 Å². The lowest BCUT2D eigenvalue weighted by atomic mass is 10.2. The van der Waals surface area contributed by atoms with E-state index >= 15 is 0 Å². The minimum atomic E-state index is -0.866. The van der Waals surface area contributed by atoms with Gasteiger partial charge in [0.15, 0.2) is 0 Å². The van der Waals surface area contributed by atoms with Crippen molar-refractivity contribution >= 4 is 28.6 Å². The van der Waals surface area contributed by atoms with Gasteiger partial charge in [0.1, 0.15) is 9.88 Å². The molecule has 0 aliphatic heterocycles. The Bertz CT molecular complexity index is 557. The lowest BCUT2D eigenvalue weighted by Gasteiger charge is -1.93. The zero-order chi connectivity index (χ0) is 13.1. The number of thiophene rings is 1. The number of aryl methyl sites for hydroxylation is 2. The maximum atomic E-state index is 11.2. The molecule has 0 spiro atoms. The average Bonchev–Trinajstić information content (AvgIpc) is 2.94. The molecule has 96 valence electrons. The monoisotopic (exact) mass is 281 g/mol. The quantitative estimate of drug-likeness (QED) is 0.898. The molecule has 0 saturated carbocycles. The summed E-state index contributed by atoms with van der Waals surface area (Å²) in [5.41, 5.74) is 0.719. The van der Waals surface area contributed by atoms with E-state index in [0.717, 1.165) is 34.8 Å². The SMILES string of the molecule is CCCc1nc(-c2ccc(CC)s2)sc1C(=O)O. The summed E-state index contributed by atoms with van der Waals surface area (Å²) < 4.78 is 0. The Balaban J connectivity index is 2.39. The molecule has 0 atom stereocenters. The number of hydrogen-bond acceptors (Lipinski definition) is 4. The zero-order valence-corrected chi connectivity index (χ0v) is 12.0. The van der Waals surface area contributed by atoms with Gasteiger partial charge in [0.25, 0.3) is 0 Å². The van der Waals surface area contributed by atoms with Crippen LogP contribution in [0.15, 0.2) is 12.1 Å². The topological polar surface area (TPSA) is 50.2 Å². The summed E-state index contributed by atoms with van der Waals surface area (Å²) in [6, 6.07) is 4.12. The van der Waals surface area contributed by atoms with Crippen LogP contribution in [0.2, 0.25) is 0 Å². The maximum Gasteiger partial charge on any atom is 0.347 e. The van der Waals surface area contributed by atoms with Crippen molar-refractivity contribution in [2.45, 2.75) is 33.1 Å². The highest BCUT2D eigenvalue weighted by Crippen LogP contribution is 2.33. The van der Waals surface area contributed by atoms with Gasteiger partial charge in [-0.3, -0.25) is 0 Å². The van der Waals surface area contributed by atoms with Gasteiger partial charge in [-0.15, -0.1) is 22.7 Å². The first-order valence-corrected chi connectivity index (χ1v) is 7.61. The van der Waals surface area contributed by atoms with Crippen LogP contribution in [0.4, 0.5) is 0 Å². The molecule has 5 heteroatoms. The third-order valence-corrected chi connectivity index (χ3v) is 5.08. The van der Waals surface area contributed by atoms with Gasteiger partial charge in [-0.05, 0) is 25.0 Å². The molecule has 18 heavy (non-hydrogen) atoms. The molecule has 0 saturated heterocycles. The minimum Gasteiger partial charge on any atom is -0.477 e. The minimum absolute atomic E-state index is 0.387. The van der Waals surface area contributed by atoms with Crippen molar-refractivity contribution in [3.05, 3.63) is 27.6 Å². The fourth-order valence-electron chi connectivity index (χ4n) is 1.71. The van der Waals surface area contributed by atoms with Crippen molar-refractivity contribution < 1.29 is 9.90 Å². The van der Waals surface area contributed by atoms with Crippen molar-refractivity contribution in [2.24, 2.45) is 0 Å². The number of thiazole rings is 1. The Labute approximate surface area is 114 Å². The van der Waals surface area contributed by atoms with Gasteiger partial charge in [-0.25, -0.2) is 9.78 Å². The number of hydrogen-bond donors (Lipinski definition) is 1. The van der Waals surface area contributed by atoms with Crippen LogP contribution >= 0.6 is 22.7 Å². The molecule has 1 N–H and O–H groups in total. The van der Waals surface area contributed by atoms with Crippen LogP contribution in [0.25, 0.3) is 9.88 Å². The highest BCUT2D eigenvalue weighted by Gasteiger charge is 2.18. The summed E-state index contributed by atoms with van der Waals surface area (Å²) in [5.74, 6) is -0.866. The van der Waals surface area contributed by atoms with Gasteiger partial charge >= 0.3 is 5.97 Å². The Morgan fingerprint density at radius 3 is 2.67 bits per heavy atom. The number of nitrogens with zero attached hydrogens (tertiary/aromatic N) is 1. The number of aromatic carboxylic acids is 1. The molecule has 0 fully saturated rings. The molecule has 0 amide bonds. The summed E-state index contributed by atoms with van der Waals surface area (Å²) in [5, 5.41) is 10.0. The molecule has 2 heterocycles. The van der Waals surface area contributed by atoms with E-state index in [1.54, 1.807) is 11.3 Å². The molecule has 2 aromatic heterocycles. The molecule has 0 aliphatic rings. The van der Waals surface area contributed by atoms with E-state index in [4.69, 9.17) is 0 Å². The highest BCUT2D eigenvalue weighted by atomic mass is 32.1. The Kier molecular flexibility index (Phi) is 4.14. The number of carboxylic acid groups (broad SMARTS) is 1. The lowest BCUT2D eigenvalue weighted by molar-refractivity contribution is 0.0700. The molecular formula is C13H15NO2S2. The molecule has 0 radical (unpaired) electrons. The van der Waals surface area contributed by atoms with Crippen molar-refractivity contribution in [1.29, 1.82) is 0 Å². The highest BCUT2D eigenvalue weighted by molar-refractivity contribution is 7.22. The summed E-state index contributed by atoms with van der Waals surface area (Å²) in [4.78, 5) is 18.4. The molecule has 0 aromatic carbocycles. The maximum absolute atomic E-state index is 11.2. The van der Waals surface area contributed by atoms with E-state index in [9.17, 15) is 9.90 Å². The second kappa shape index (κ2) is 5.63. The van der Waals surface area contributed by atoms with Crippen LogP contribution in [0.5, 0.6) is 0 Å². The molecule has 2 aromatic rings. The largest absolute Gasteiger partial charge is 0.477 e. The van der Waals surface area contributed by atoms with E-state index in [-0.39, 0.29) is 0 Å². The third kappa shape index (κ3) is 2.62. The normalized spacial score (nSPS) is 10.8. The molecule has 0 bridgehead atoms. The van der Waals surface area contributed by atoms with Crippen LogP contribution in [0.3, 0.4) is 0 Å². The van der Waals surface area contributed by atoms with Gasteiger partial charge < -0.3 is 5.11 Å². The summed E-state index contributed by atoms with van der Waals surface area (Å²) in [7, 11) is 0. The van der Waals surface area contributed by atoms with Crippen LogP contribution in [-0.4, -0.2) is 16.1 Å². The first kappa shape index (κ1) is 13.2. The van der Waals surface area contributed by atoms with Gasteiger partial charge in [-0.1, -0.05) is 20.3 Å². The van der Waals surface area contributed by atoms with Crippen molar-refractivity contribution in [1.82, 2.24) is 4.98 Å². The van der Waals surface area contributed by atoms with Crippen LogP contribution in [0, 0.1) is 0 Å². The number of rotatable bonds is 5. The second-order valence-corrected chi connectivity index (χ2v) is 6.14. The van der Waals surface area contributed by atoms with Crippen molar-refractivity contribution in [3.8, 4) is 9.88 Å². The van der Waals surface area contributed by atoms with E-state index in [1.807, 2.05) is 13.0 Å². The van der Waals surface area contributed by atoms with Gasteiger partial charge in [0.05, 0.1) is 10.6 Å². The zero-order valence-electron chi connectivity index (χ0n) is 10.4. The van der Waals surface area contributed by atoms with Crippen LogP contribution in [0.1, 0.15) is 40.5 Å². The summed E-state index contributed by atoms with van der Waals surface area (Å²) >= 11 is 2.98. The Morgan fingerprint density at radius 2 is 2.11 bits per heavy atom. The first-order valence-electron chi connectivity index (χ1n) is 5.97. The second-order valence-electron chi connectivity index (χ2n) is 3.97. The number of carboxylic acids is 1. The predicted molar refractivity (Wildman–Crippen MR) is 75.8 cm³/mol. The fraction of sp³-hybridized carbons (Fsp3) is 0.385. The van der Waals surface area contributed by atoms with Crippen LogP contribution < -0.4 is 0 Å². The predicted octanol–water partition coefficient (Wildman–Crippen LogP) is 4.08. The van der Waals surface area contributed by atoms with E-state index < -0.39 is 5.97 Å². The Hall–Kier alpha value is -1.20. The van der Waals surface area contributed by atoms with E-state index in [0.29, 0.717) is 4.88 Å². The third-order valence-electron chi connectivity index (χ3n) is 2.60.